The van der Waals surface area contributed by atoms with Gasteiger partial charge in [-0.3, -0.25) is 4.79 Å². The third-order valence-electron chi connectivity index (χ3n) is 5.16. The standard InChI is InChI=1S/C15H29N3O2/c1-4-16-15(14(19)20)8-5-13(11-15)18-9-6-12(7-10-18)17(2)3/h12-13,16H,4-11H2,1-3H3,(H,19,20). The zero-order chi connectivity index (χ0) is 14.8. The first-order valence-corrected chi connectivity index (χ1v) is 7.87. The van der Waals surface area contributed by atoms with Crippen LogP contribution in [0.2, 0.25) is 0 Å². The van der Waals surface area contributed by atoms with Gasteiger partial charge in [-0.25, -0.2) is 0 Å². The Hall–Kier alpha value is -0.650. The number of nitrogens with zero attached hydrogens (tertiary/aromatic N) is 2. The average molecular weight is 283 g/mol. The molecule has 0 aromatic rings. The topological polar surface area (TPSA) is 55.8 Å². The number of aliphatic carboxylic acids is 1. The van der Waals surface area contributed by atoms with Crippen molar-refractivity contribution < 1.29 is 9.90 Å². The number of carboxylic acids is 1. The zero-order valence-electron chi connectivity index (χ0n) is 13.1. The summed E-state index contributed by atoms with van der Waals surface area (Å²) < 4.78 is 0. The van der Waals surface area contributed by atoms with E-state index in [1.807, 2.05) is 6.92 Å². The summed E-state index contributed by atoms with van der Waals surface area (Å²) in [5.74, 6) is -0.676. The van der Waals surface area contributed by atoms with Crippen LogP contribution in [0.15, 0.2) is 0 Å². The zero-order valence-corrected chi connectivity index (χ0v) is 13.1. The van der Waals surface area contributed by atoms with Crippen molar-refractivity contribution in [1.82, 2.24) is 15.1 Å². The lowest BCUT2D eigenvalue weighted by atomic mass is 9.96. The van der Waals surface area contributed by atoms with Crippen LogP contribution in [0.4, 0.5) is 0 Å². The summed E-state index contributed by atoms with van der Waals surface area (Å²) in [6.07, 6.45) is 4.92. The van der Waals surface area contributed by atoms with Gasteiger partial charge in [0.2, 0.25) is 0 Å². The summed E-state index contributed by atoms with van der Waals surface area (Å²) in [7, 11) is 4.30. The van der Waals surface area contributed by atoms with Gasteiger partial charge in [0.1, 0.15) is 5.54 Å². The Morgan fingerprint density at radius 3 is 2.50 bits per heavy atom. The van der Waals surface area contributed by atoms with Gasteiger partial charge in [0.05, 0.1) is 0 Å². The van der Waals surface area contributed by atoms with Crippen molar-refractivity contribution in [3.05, 3.63) is 0 Å². The van der Waals surface area contributed by atoms with E-state index in [1.165, 1.54) is 12.8 Å². The van der Waals surface area contributed by atoms with Gasteiger partial charge in [-0.15, -0.1) is 0 Å². The maximum Gasteiger partial charge on any atom is 0.323 e. The molecule has 0 aromatic carbocycles. The molecule has 0 amide bonds. The molecule has 1 saturated carbocycles. The van der Waals surface area contributed by atoms with Crippen molar-refractivity contribution in [2.24, 2.45) is 0 Å². The number of carboxylic acid groups (broad SMARTS) is 1. The highest BCUT2D eigenvalue weighted by Gasteiger charge is 2.46. The number of hydrogen-bond acceptors (Lipinski definition) is 4. The van der Waals surface area contributed by atoms with Crippen LogP contribution in [-0.4, -0.2) is 72.2 Å². The fourth-order valence-corrected chi connectivity index (χ4v) is 3.87. The molecule has 0 aromatic heterocycles. The van der Waals surface area contributed by atoms with Gasteiger partial charge >= 0.3 is 5.97 Å². The van der Waals surface area contributed by atoms with Crippen molar-refractivity contribution >= 4 is 5.97 Å². The lowest BCUT2D eigenvalue weighted by Gasteiger charge is -2.38. The maximum atomic E-state index is 11.6. The fraction of sp³-hybridized carbons (Fsp3) is 0.933. The smallest absolute Gasteiger partial charge is 0.323 e. The van der Waals surface area contributed by atoms with Crippen LogP contribution in [-0.2, 0) is 4.79 Å². The van der Waals surface area contributed by atoms with E-state index in [2.05, 4.69) is 29.2 Å². The molecule has 0 radical (unpaired) electrons. The van der Waals surface area contributed by atoms with Crippen LogP contribution in [0, 0.1) is 0 Å². The SMILES string of the molecule is CCNC1(C(=O)O)CCC(N2CCC(N(C)C)CC2)C1. The minimum Gasteiger partial charge on any atom is -0.480 e. The van der Waals surface area contributed by atoms with Crippen LogP contribution < -0.4 is 5.32 Å². The molecule has 5 nitrogen and oxygen atoms in total. The molecule has 0 bridgehead atoms. The van der Waals surface area contributed by atoms with Crippen LogP contribution in [0.3, 0.4) is 0 Å². The van der Waals surface area contributed by atoms with Gasteiger partial charge in [0.25, 0.3) is 0 Å². The number of nitrogens with one attached hydrogen (secondary N) is 1. The fourth-order valence-electron chi connectivity index (χ4n) is 3.87. The molecule has 2 fully saturated rings. The highest BCUT2D eigenvalue weighted by Crippen LogP contribution is 2.34. The quantitative estimate of drug-likeness (QED) is 0.788. The minimum atomic E-state index is -0.683. The van der Waals surface area contributed by atoms with E-state index in [1.54, 1.807) is 0 Å². The van der Waals surface area contributed by atoms with Gasteiger partial charge in [0.15, 0.2) is 0 Å². The lowest BCUT2D eigenvalue weighted by Crippen LogP contribution is -2.52. The Balaban J connectivity index is 1.91. The van der Waals surface area contributed by atoms with Gasteiger partial charge in [0, 0.05) is 12.1 Å². The van der Waals surface area contributed by atoms with Crippen molar-refractivity contribution in [2.45, 2.75) is 56.7 Å². The Bertz CT molecular complexity index is 340. The molecule has 20 heavy (non-hydrogen) atoms. The second-order valence-electron chi connectivity index (χ2n) is 6.54. The highest BCUT2D eigenvalue weighted by atomic mass is 16.4. The number of hydrogen-bond donors (Lipinski definition) is 2. The summed E-state index contributed by atoms with van der Waals surface area (Å²) in [5.41, 5.74) is -0.683. The molecule has 2 rings (SSSR count). The first-order valence-electron chi connectivity index (χ1n) is 7.87. The molecule has 2 unspecified atom stereocenters. The number of likely N-dealkylation sites (tertiary alicyclic amines) is 1. The van der Waals surface area contributed by atoms with E-state index in [0.717, 1.165) is 38.9 Å². The highest BCUT2D eigenvalue weighted by molar-refractivity contribution is 5.79. The summed E-state index contributed by atoms with van der Waals surface area (Å²) in [6.45, 7) is 4.92. The second kappa shape index (κ2) is 6.41. The molecule has 2 N–H and O–H groups in total. The normalized spacial score (nSPS) is 32.9. The molecular weight excluding hydrogens is 254 g/mol. The molecule has 5 heteroatoms. The van der Waals surface area contributed by atoms with Crippen molar-refractivity contribution in [1.29, 1.82) is 0 Å². The van der Waals surface area contributed by atoms with E-state index in [4.69, 9.17) is 0 Å². The maximum absolute atomic E-state index is 11.6. The van der Waals surface area contributed by atoms with E-state index in [0.29, 0.717) is 12.1 Å². The summed E-state index contributed by atoms with van der Waals surface area (Å²) >= 11 is 0. The molecule has 2 aliphatic rings. The van der Waals surface area contributed by atoms with Crippen molar-refractivity contribution in [3.8, 4) is 0 Å². The third kappa shape index (κ3) is 3.15. The van der Waals surface area contributed by atoms with Crippen LogP contribution in [0.25, 0.3) is 0 Å². The minimum absolute atomic E-state index is 0.438. The van der Waals surface area contributed by atoms with Crippen molar-refractivity contribution in [2.75, 3.05) is 33.7 Å². The average Bonchev–Trinajstić information content (AvgIpc) is 2.85. The Morgan fingerprint density at radius 1 is 1.35 bits per heavy atom. The molecule has 1 saturated heterocycles. The van der Waals surface area contributed by atoms with E-state index < -0.39 is 11.5 Å². The summed E-state index contributed by atoms with van der Waals surface area (Å²) in [5, 5.41) is 12.8. The summed E-state index contributed by atoms with van der Waals surface area (Å²) in [4.78, 5) is 16.4. The largest absolute Gasteiger partial charge is 0.480 e. The van der Waals surface area contributed by atoms with E-state index in [-0.39, 0.29) is 0 Å². The van der Waals surface area contributed by atoms with Gasteiger partial charge in [-0.1, -0.05) is 6.92 Å². The molecule has 116 valence electrons. The molecule has 1 aliphatic carbocycles. The number of likely N-dealkylation sites (N-methyl/N-ethyl adjacent to an activating group) is 1. The van der Waals surface area contributed by atoms with Gasteiger partial charge in [-0.2, -0.15) is 0 Å². The first-order chi connectivity index (χ1) is 9.48. The van der Waals surface area contributed by atoms with Crippen LogP contribution in [0.1, 0.15) is 39.0 Å². The van der Waals surface area contributed by atoms with Gasteiger partial charge in [-0.05, 0) is 65.8 Å². The van der Waals surface area contributed by atoms with E-state index in [9.17, 15) is 9.90 Å². The predicted octanol–water partition coefficient (Wildman–Crippen LogP) is 0.998. The molecular formula is C15H29N3O2. The number of piperidine rings is 1. The molecule has 1 heterocycles. The van der Waals surface area contributed by atoms with Crippen LogP contribution >= 0.6 is 0 Å². The first kappa shape index (κ1) is 15.7. The predicted molar refractivity (Wildman–Crippen MR) is 80.0 cm³/mol. The van der Waals surface area contributed by atoms with Gasteiger partial charge < -0.3 is 20.2 Å². The third-order valence-corrected chi connectivity index (χ3v) is 5.16. The molecule has 1 aliphatic heterocycles. The number of rotatable bonds is 5. The molecule has 2 atom stereocenters. The Labute approximate surface area is 122 Å². The van der Waals surface area contributed by atoms with E-state index >= 15 is 0 Å². The number of carbonyl (C=O) groups is 1. The summed E-state index contributed by atoms with van der Waals surface area (Å²) in [6, 6.07) is 1.12. The van der Waals surface area contributed by atoms with Crippen LogP contribution in [0.5, 0.6) is 0 Å². The van der Waals surface area contributed by atoms with Crippen molar-refractivity contribution in [3.63, 3.8) is 0 Å². The lowest BCUT2D eigenvalue weighted by molar-refractivity contribution is -0.144. The monoisotopic (exact) mass is 283 g/mol. The molecule has 0 spiro atoms. The Kier molecular flexibility index (Phi) is 5.04. The second-order valence-corrected chi connectivity index (χ2v) is 6.54. The Morgan fingerprint density at radius 2 is 2.00 bits per heavy atom.